The molecule has 0 saturated carbocycles. The third-order valence-electron chi connectivity index (χ3n) is 6.26. The van der Waals surface area contributed by atoms with Crippen molar-refractivity contribution in [1.82, 2.24) is 24.9 Å². The van der Waals surface area contributed by atoms with Crippen molar-refractivity contribution in [3.63, 3.8) is 0 Å². The van der Waals surface area contributed by atoms with Crippen molar-refractivity contribution in [3.8, 4) is 17.3 Å². The number of carbonyl (C=O) groups is 1. The zero-order valence-electron chi connectivity index (χ0n) is 19.2. The van der Waals surface area contributed by atoms with Gasteiger partial charge in [-0.3, -0.25) is 4.79 Å². The maximum atomic E-state index is 11.4. The number of hydrogen-bond acceptors (Lipinski definition) is 8. The molecule has 0 radical (unpaired) electrons. The van der Waals surface area contributed by atoms with Crippen LogP contribution in [0.4, 0.5) is 5.82 Å². The summed E-state index contributed by atoms with van der Waals surface area (Å²) in [6, 6.07) is 7.51. The van der Waals surface area contributed by atoms with E-state index in [2.05, 4.69) is 39.1 Å². The Morgan fingerprint density at radius 3 is 3.00 bits per heavy atom. The number of pyridine rings is 1. The largest absolute Gasteiger partial charge is 0.474 e. The molecule has 0 aliphatic carbocycles. The molecule has 1 N–H and O–H groups in total. The second-order valence-corrected chi connectivity index (χ2v) is 9.39. The summed E-state index contributed by atoms with van der Waals surface area (Å²) in [5.74, 6) is 2.06. The van der Waals surface area contributed by atoms with E-state index in [0.717, 1.165) is 42.0 Å². The van der Waals surface area contributed by atoms with Gasteiger partial charge in [0.05, 0.1) is 29.8 Å². The normalized spacial score (nSPS) is 20.2. The first-order valence-corrected chi connectivity index (χ1v) is 11.5. The Morgan fingerprint density at radius 1 is 1.26 bits per heavy atom. The number of anilines is 1. The van der Waals surface area contributed by atoms with E-state index in [1.165, 1.54) is 0 Å². The van der Waals surface area contributed by atoms with Gasteiger partial charge in [0.15, 0.2) is 11.4 Å². The van der Waals surface area contributed by atoms with Gasteiger partial charge in [0.2, 0.25) is 11.8 Å². The lowest BCUT2D eigenvalue weighted by Crippen LogP contribution is -2.48. The zero-order chi connectivity index (χ0) is 23.3. The summed E-state index contributed by atoms with van der Waals surface area (Å²) in [5.41, 5.74) is 1.92. The Balaban J connectivity index is 1.31. The minimum Gasteiger partial charge on any atom is -0.474 e. The van der Waals surface area contributed by atoms with Crippen molar-refractivity contribution < 1.29 is 18.7 Å². The molecule has 0 spiro atoms. The predicted molar refractivity (Wildman–Crippen MR) is 125 cm³/mol. The minimum atomic E-state index is -0.238. The second kappa shape index (κ2) is 7.98. The molecule has 0 bridgehead atoms. The number of ether oxygens (including phenoxy) is 2. The fourth-order valence-corrected chi connectivity index (χ4v) is 4.61. The van der Waals surface area contributed by atoms with E-state index in [4.69, 9.17) is 13.9 Å². The van der Waals surface area contributed by atoms with Crippen LogP contribution in [-0.4, -0.2) is 63.4 Å². The van der Waals surface area contributed by atoms with Crippen LogP contribution in [0.5, 0.6) is 5.88 Å². The lowest BCUT2D eigenvalue weighted by atomic mass is 10.1. The monoisotopic (exact) mass is 462 g/mol. The van der Waals surface area contributed by atoms with Crippen molar-refractivity contribution >= 4 is 28.3 Å². The van der Waals surface area contributed by atoms with Gasteiger partial charge in [-0.25, -0.2) is 14.5 Å². The van der Waals surface area contributed by atoms with Gasteiger partial charge in [-0.2, -0.15) is 0 Å². The summed E-state index contributed by atoms with van der Waals surface area (Å²) in [7, 11) is 0. The Kier molecular flexibility index (Phi) is 4.91. The minimum absolute atomic E-state index is 0.0127. The molecule has 10 nitrogen and oxygen atoms in total. The molecule has 34 heavy (non-hydrogen) atoms. The maximum absolute atomic E-state index is 11.4. The molecule has 10 heteroatoms. The lowest BCUT2D eigenvalue weighted by molar-refractivity contribution is -0.119. The first-order valence-electron chi connectivity index (χ1n) is 11.5. The van der Waals surface area contributed by atoms with E-state index < -0.39 is 0 Å². The third kappa shape index (κ3) is 3.83. The lowest BCUT2D eigenvalue weighted by Gasteiger charge is -2.38. The first kappa shape index (κ1) is 20.9. The molecule has 0 aromatic carbocycles. The molecule has 4 aromatic rings. The highest BCUT2D eigenvalue weighted by molar-refractivity contribution is 5.92. The number of rotatable bonds is 5. The average Bonchev–Trinajstić information content (AvgIpc) is 3.54. The molecular formula is C24H26N6O4. The highest BCUT2D eigenvalue weighted by Gasteiger charge is 2.29. The van der Waals surface area contributed by atoms with Crippen molar-refractivity contribution in [3.05, 3.63) is 36.7 Å². The smallest absolute Gasteiger partial charge is 0.231 e. The Hall–Kier alpha value is -3.66. The second-order valence-electron chi connectivity index (χ2n) is 9.39. The number of hydrogen-bond donors (Lipinski definition) is 1. The van der Waals surface area contributed by atoms with E-state index in [0.29, 0.717) is 36.9 Å². The van der Waals surface area contributed by atoms with Gasteiger partial charge in [0.1, 0.15) is 23.7 Å². The van der Waals surface area contributed by atoms with Crippen molar-refractivity contribution in [2.45, 2.75) is 38.3 Å². The Morgan fingerprint density at radius 2 is 2.18 bits per heavy atom. The molecule has 0 unspecified atom stereocenters. The fourth-order valence-electron chi connectivity index (χ4n) is 4.61. The quantitative estimate of drug-likeness (QED) is 0.483. The van der Waals surface area contributed by atoms with Crippen LogP contribution in [0, 0.1) is 0 Å². The number of imidazole rings is 1. The van der Waals surface area contributed by atoms with E-state index in [9.17, 15) is 4.79 Å². The van der Waals surface area contributed by atoms with Crippen molar-refractivity contribution in [1.29, 1.82) is 0 Å². The Bertz CT molecular complexity index is 1380. The van der Waals surface area contributed by atoms with Gasteiger partial charge >= 0.3 is 0 Å². The zero-order valence-corrected chi connectivity index (χ0v) is 19.2. The number of furan rings is 1. The molecule has 4 aromatic heterocycles. The van der Waals surface area contributed by atoms with Gasteiger partial charge in [-0.1, -0.05) is 0 Å². The number of nitrogens with zero attached hydrogens (tertiary/aromatic N) is 5. The third-order valence-corrected chi connectivity index (χ3v) is 6.26. The van der Waals surface area contributed by atoms with Crippen LogP contribution in [0.3, 0.4) is 0 Å². The molecule has 2 aliphatic rings. The number of carbonyl (C=O) groups excluding carboxylic acids is 1. The fraction of sp³-hybridized carbons (Fsp3) is 0.417. The van der Waals surface area contributed by atoms with Crippen LogP contribution in [0.15, 0.2) is 41.1 Å². The van der Waals surface area contributed by atoms with E-state index in [1.54, 1.807) is 23.0 Å². The van der Waals surface area contributed by atoms with Crippen LogP contribution in [-0.2, 0) is 9.53 Å². The van der Waals surface area contributed by atoms with Gasteiger partial charge in [-0.05, 0) is 38.5 Å². The first-order chi connectivity index (χ1) is 16.4. The van der Waals surface area contributed by atoms with E-state index >= 15 is 0 Å². The summed E-state index contributed by atoms with van der Waals surface area (Å²) in [6.07, 6.45) is 4.82. The molecule has 2 aliphatic heterocycles. The standard InChI is InChI=1S/C24H26N6O4/c1-24(2)14-29(9-10-33-24)23-16-11-19(34-18(16)7-8-25-23)17-12-26-20-4-6-22(28-30(17)20)32-13-15-3-5-21(31)27-15/h4,6-8,11-12,15H,3,5,9-10,13-14H2,1-2H3,(H,27,31)/t15-/m0/s1. The van der Waals surface area contributed by atoms with Gasteiger partial charge in [0, 0.05) is 31.8 Å². The highest BCUT2D eigenvalue weighted by atomic mass is 16.5. The SMILES string of the molecule is CC1(C)CN(c2nccc3oc(-c4cnc5ccc(OC[C@@H]6CCC(=O)N6)nn45)cc23)CCO1. The van der Waals surface area contributed by atoms with Crippen LogP contribution in [0.2, 0.25) is 0 Å². The van der Waals surface area contributed by atoms with Gasteiger partial charge < -0.3 is 24.1 Å². The topological polar surface area (TPSA) is 107 Å². The highest BCUT2D eigenvalue weighted by Crippen LogP contribution is 2.34. The van der Waals surface area contributed by atoms with E-state index in [-0.39, 0.29) is 17.6 Å². The number of fused-ring (bicyclic) bond motifs is 2. The summed E-state index contributed by atoms with van der Waals surface area (Å²) in [5, 5.41) is 8.45. The number of aromatic nitrogens is 4. The molecule has 2 fully saturated rings. The predicted octanol–water partition coefficient (Wildman–Crippen LogP) is 2.81. The Labute approximate surface area is 195 Å². The van der Waals surface area contributed by atoms with Crippen LogP contribution in [0.1, 0.15) is 26.7 Å². The molecule has 176 valence electrons. The average molecular weight is 463 g/mol. The molecule has 6 heterocycles. The van der Waals surface area contributed by atoms with E-state index in [1.807, 2.05) is 18.2 Å². The molecule has 1 amide bonds. The molecular weight excluding hydrogens is 436 g/mol. The van der Waals surface area contributed by atoms with Gasteiger partial charge in [-0.15, -0.1) is 5.10 Å². The van der Waals surface area contributed by atoms with Crippen molar-refractivity contribution in [2.75, 3.05) is 31.2 Å². The summed E-state index contributed by atoms with van der Waals surface area (Å²) < 4.78 is 19.6. The number of amides is 1. The molecule has 1 atom stereocenters. The molecule has 2 saturated heterocycles. The van der Waals surface area contributed by atoms with Gasteiger partial charge in [0.25, 0.3) is 0 Å². The summed E-state index contributed by atoms with van der Waals surface area (Å²) in [6.45, 7) is 6.73. The number of nitrogens with one attached hydrogen (secondary N) is 1. The number of morpholine rings is 1. The maximum Gasteiger partial charge on any atom is 0.231 e. The summed E-state index contributed by atoms with van der Waals surface area (Å²) in [4.78, 5) is 22.8. The molecule has 6 rings (SSSR count). The van der Waals surface area contributed by atoms with Crippen LogP contribution < -0.4 is 15.0 Å². The van der Waals surface area contributed by atoms with Crippen molar-refractivity contribution in [2.24, 2.45) is 0 Å². The van der Waals surface area contributed by atoms with Crippen LogP contribution >= 0.6 is 0 Å². The summed E-state index contributed by atoms with van der Waals surface area (Å²) >= 11 is 0. The van der Waals surface area contributed by atoms with Crippen LogP contribution in [0.25, 0.3) is 28.1 Å².